The number of methoxy groups -OCH3 is 1. The van der Waals surface area contributed by atoms with E-state index in [1.54, 1.807) is 25.7 Å². The van der Waals surface area contributed by atoms with Gasteiger partial charge in [0.25, 0.3) is 0 Å². The maximum absolute atomic E-state index is 5.66. The van der Waals surface area contributed by atoms with Crippen molar-refractivity contribution in [2.45, 2.75) is 6.92 Å². The average Bonchev–Trinajstić information content (AvgIpc) is 2.32. The fraction of sp³-hybridized carbons (Fsp3) is 0.182. The molecule has 0 unspecified atom stereocenters. The molecule has 0 aromatic carbocycles. The van der Waals surface area contributed by atoms with Crippen LogP contribution < -0.4 is 10.5 Å². The zero-order valence-electron chi connectivity index (χ0n) is 9.14. The molecule has 2 aromatic heterocycles. The first-order valence-electron chi connectivity index (χ1n) is 4.80. The van der Waals surface area contributed by atoms with E-state index in [4.69, 9.17) is 10.5 Å². The molecule has 0 aliphatic rings. The van der Waals surface area contributed by atoms with E-state index in [2.05, 4.69) is 15.0 Å². The topological polar surface area (TPSA) is 73.9 Å². The standard InChI is InChI=1S/C11H12N4O/c1-7-5-8(6-15-10(7)12)9-11(16-2)14-4-3-13-9/h3-6H,1-2H3,(H2,12,15). The molecule has 0 aliphatic heterocycles. The second kappa shape index (κ2) is 4.14. The van der Waals surface area contributed by atoms with Crippen molar-refractivity contribution < 1.29 is 4.74 Å². The van der Waals surface area contributed by atoms with Crippen molar-refractivity contribution >= 4 is 5.82 Å². The number of nitrogens with two attached hydrogens (primary N) is 1. The molecule has 0 radical (unpaired) electrons. The zero-order chi connectivity index (χ0) is 11.5. The lowest BCUT2D eigenvalue weighted by Crippen LogP contribution is -1.97. The lowest BCUT2D eigenvalue weighted by molar-refractivity contribution is 0.398. The quantitative estimate of drug-likeness (QED) is 0.822. The fourth-order valence-corrected chi connectivity index (χ4v) is 1.39. The van der Waals surface area contributed by atoms with Crippen molar-refractivity contribution in [2.24, 2.45) is 0 Å². The molecule has 82 valence electrons. The van der Waals surface area contributed by atoms with E-state index in [0.717, 1.165) is 11.1 Å². The number of aryl methyl sites for hydroxylation is 1. The number of anilines is 1. The van der Waals surface area contributed by atoms with Crippen molar-refractivity contribution in [3.63, 3.8) is 0 Å². The molecule has 0 atom stereocenters. The molecule has 0 aliphatic carbocycles. The van der Waals surface area contributed by atoms with Gasteiger partial charge in [0.2, 0.25) is 5.88 Å². The van der Waals surface area contributed by atoms with Crippen LogP contribution >= 0.6 is 0 Å². The Morgan fingerprint density at radius 2 is 1.94 bits per heavy atom. The molecule has 2 rings (SSSR count). The number of hydrogen-bond acceptors (Lipinski definition) is 5. The molecule has 5 nitrogen and oxygen atoms in total. The highest BCUT2D eigenvalue weighted by Gasteiger charge is 2.09. The summed E-state index contributed by atoms with van der Waals surface area (Å²) in [7, 11) is 1.56. The molecular formula is C11H12N4O. The first-order valence-corrected chi connectivity index (χ1v) is 4.80. The van der Waals surface area contributed by atoms with Gasteiger partial charge in [-0.3, -0.25) is 0 Å². The first-order chi connectivity index (χ1) is 7.72. The Morgan fingerprint density at radius 3 is 2.62 bits per heavy atom. The highest BCUT2D eigenvalue weighted by molar-refractivity contribution is 5.65. The summed E-state index contributed by atoms with van der Waals surface area (Å²) in [5.74, 6) is 1.00. The normalized spacial score (nSPS) is 10.1. The second-order valence-corrected chi connectivity index (χ2v) is 3.34. The molecule has 0 amide bonds. The summed E-state index contributed by atoms with van der Waals surface area (Å²) in [6.07, 6.45) is 4.86. The van der Waals surface area contributed by atoms with E-state index in [1.807, 2.05) is 13.0 Å². The maximum Gasteiger partial charge on any atom is 0.240 e. The van der Waals surface area contributed by atoms with E-state index in [1.165, 1.54) is 0 Å². The van der Waals surface area contributed by atoms with Crippen LogP contribution in [0, 0.1) is 6.92 Å². The molecule has 0 saturated carbocycles. The van der Waals surface area contributed by atoms with Crippen molar-refractivity contribution in [2.75, 3.05) is 12.8 Å². The lowest BCUT2D eigenvalue weighted by Gasteiger charge is -2.06. The minimum absolute atomic E-state index is 0.480. The van der Waals surface area contributed by atoms with Crippen LogP contribution in [0.15, 0.2) is 24.7 Å². The molecule has 0 fully saturated rings. The van der Waals surface area contributed by atoms with E-state index >= 15 is 0 Å². The number of pyridine rings is 1. The molecule has 0 saturated heterocycles. The van der Waals surface area contributed by atoms with E-state index in [-0.39, 0.29) is 0 Å². The summed E-state index contributed by atoms with van der Waals surface area (Å²) in [4.78, 5) is 12.4. The fourth-order valence-electron chi connectivity index (χ4n) is 1.39. The number of nitrogens with zero attached hydrogens (tertiary/aromatic N) is 3. The molecule has 0 bridgehead atoms. The van der Waals surface area contributed by atoms with Crippen LogP contribution in [0.1, 0.15) is 5.56 Å². The largest absolute Gasteiger partial charge is 0.479 e. The van der Waals surface area contributed by atoms with E-state index in [9.17, 15) is 0 Å². The van der Waals surface area contributed by atoms with Crippen molar-refractivity contribution in [1.29, 1.82) is 0 Å². The summed E-state index contributed by atoms with van der Waals surface area (Å²) >= 11 is 0. The maximum atomic E-state index is 5.66. The van der Waals surface area contributed by atoms with Gasteiger partial charge in [-0.2, -0.15) is 0 Å². The summed E-state index contributed by atoms with van der Waals surface area (Å²) < 4.78 is 5.14. The van der Waals surface area contributed by atoms with Gasteiger partial charge < -0.3 is 10.5 Å². The molecule has 5 heteroatoms. The number of nitrogen functional groups attached to an aromatic ring is 1. The van der Waals surface area contributed by atoms with E-state index in [0.29, 0.717) is 17.4 Å². The van der Waals surface area contributed by atoms with Crippen LogP contribution in [0.25, 0.3) is 11.3 Å². The van der Waals surface area contributed by atoms with Gasteiger partial charge in [-0.15, -0.1) is 0 Å². The molecule has 0 spiro atoms. The SMILES string of the molecule is COc1nccnc1-c1cnc(N)c(C)c1. The second-order valence-electron chi connectivity index (χ2n) is 3.34. The van der Waals surface area contributed by atoms with Gasteiger partial charge in [0.05, 0.1) is 7.11 Å². The third-order valence-electron chi connectivity index (χ3n) is 2.25. The molecule has 2 heterocycles. The van der Waals surface area contributed by atoms with Gasteiger partial charge in [-0.05, 0) is 18.6 Å². The number of aromatic nitrogens is 3. The minimum Gasteiger partial charge on any atom is -0.479 e. The zero-order valence-corrected chi connectivity index (χ0v) is 9.14. The number of ether oxygens (including phenoxy) is 1. The Morgan fingerprint density at radius 1 is 1.19 bits per heavy atom. The number of hydrogen-bond donors (Lipinski definition) is 1. The van der Waals surface area contributed by atoms with Gasteiger partial charge in [0.1, 0.15) is 11.5 Å². The van der Waals surface area contributed by atoms with Gasteiger partial charge in [-0.25, -0.2) is 15.0 Å². The Hall–Kier alpha value is -2.17. The molecular weight excluding hydrogens is 204 g/mol. The number of rotatable bonds is 2. The van der Waals surface area contributed by atoms with Gasteiger partial charge in [-0.1, -0.05) is 0 Å². The lowest BCUT2D eigenvalue weighted by atomic mass is 10.1. The van der Waals surface area contributed by atoms with Crippen LogP contribution in [0.2, 0.25) is 0 Å². The van der Waals surface area contributed by atoms with Crippen molar-refractivity contribution in [3.05, 3.63) is 30.2 Å². The van der Waals surface area contributed by atoms with Crippen LogP contribution in [0.4, 0.5) is 5.82 Å². The summed E-state index contributed by atoms with van der Waals surface area (Å²) in [6, 6.07) is 1.91. The third kappa shape index (κ3) is 1.79. The van der Waals surface area contributed by atoms with Gasteiger partial charge in [0, 0.05) is 24.2 Å². The van der Waals surface area contributed by atoms with Crippen LogP contribution in [0.5, 0.6) is 5.88 Å². The monoisotopic (exact) mass is 216 g/mol. The van der Waals surface area contributed by atoms with Crippen LogP contribution in [-0.4, -0.2) is 22.1 Å². The highest BCUT2D eigenvalue weighted by Crippen LogP contribution is 2.25. The predicted octanol–water partition coefficient (Wildman–Crippen LogP) is 1.44. The Balaban J connectivity index is 2.54. The van der Waals surface area contributed by atoms with Crippen molar-refractivity contribution in [3.8, 4) is 17.1 Å². The highest BCUT2D eigenvalue weighted by atomic mass is 16.5. The first kappa shape index (κ1) is 10.4. The van der Waals surface area contributed by atoms with E-state index < -0.39 is 0 Å². The summed E-state index contributed by atoms with van der Waals surface area (Å²) in [5, 5.41) is 0. The van der Waals surface area contributed by atoms with Crippen molar-refractivity contribution in [1.82, 2.24) is 15.0 Å². The minimum atomic E-state index is 0.480. The molecule has 16 heavy (non-hydrogen) atoms. The van der Waals surface area contributed by atoms with Gasteiger partial charge in [0.15, 0.2) is 0 Å². The summed E-state index contributed by atoms with van der Waals surface area (Å²) in [6.45, 7) is 1.90. The van der Waals surface area contributed by atoms with Crippen LogP contribution in [0.3, 0.4) is 0 Å². The molecule has 2 N–H and O–H groups in total. The Bertz CT molecular complexity index is 513. The summed E-state index contributed by atoms with van der Waals surface area (Å²) in [5.41, 5.74) is 8.08. The molecule has 2 aromatic rings. The Labute approximate surface area is 93.3 Å². The van der Waals surface area contributed by atoms with Crippen LogP contribution in [-0.2, 0) is 0 Å². The smallest absolute Gasteiger partial charge is 0.240 e. The average molecular weight is 216 g/mol. The Kier molecular flexibility index (Phi) is 2.68. The predicted molar refractivity (Wildman–Crippen MR) is 61.0 cm³/mol. The third-order valence-corrected chi connectivity index (χ3v) is 2.25. The van der Waals surface area contributed by atoms with Gasteiger partial charge >= 0.3 is 0 Å².